The molecule has 3 amide bonds. The molecular weight excluding hydrogens is 501 g/mol. The van der Waals surface area contributed by atoms with Crippen molar-refractivity contribution in [1.29, 1.82) is 0 Å². The van der Waals surface area contributed by atoms with Crippen molar-refractivity contribution < 1.29 is 41.5 Å². The monoisotopic (exact) mass is 516 g/mol. The number of furan rings is 1. The quantitative estimate of drug-likeness (QED) is 0.284. The van der Waals surface area contributed by atoms with Gasteiger partial charge in [0.15, 0.2) is 17.5 Å². The van der Waals surface area contributed by atoms with Crippen molar-refractivity contribution in [3.8, 4) is 11.3 Å². The molecule has 1 saturated heterocycles. The van der Waals surface area contributed by atoms with Gasteiger partial charge in [-0.3, -0.25) is 19.3 Å². The first-order valence-electron chi connectivity index (χ1n) is 10.1. The van der Waals surface area contributed by atoms with Crippen LogP contribution in [0.2, 0.25) is 0 Å². The molecule has 2 aromatic carbocycles. The van der Waals surface area contributed by atoms with Crippen LogP contribution in [0.5, 0.6) is 0 Å². The van der Waals surface area contributed by atoms with Crippen LogP contribution in [0.1, 0.15) is 16.1 Å². The van der Waals surface area contributed by atoms with Gasteiger partial charge in [0.1, 0.15) is 18.1 Å². The minimum Gasteiger partial charge on any atom is -0.465 e. The second-order valence-electron chi connectivity index (χ2n) is 7.31. The zero-order valence-electron chi connectivity index (χ0n) is 18.3. The number of hydrogen-bond acceptors (Lipinski definition) is 7. The lowest BCUT2D eigenvalue weighted by atomic mass is 10.1. The lowest BCUT2D eigenvalue weighted by Crippen LogP contribution is -2.36. The van der Waals surface area contributed by atoms with E-state index in [1.54, 1.807) is 36.4 Å². The highest BCUT2D eigenvalue weighted by atomic mass is 32.2. The molecule has 184 valence electrons. The van der Waals surface area contributed by atoms with Crippen LogP contribution in [0.25, 0.3) is 17.4 Å². The predicted molar refractivity (Wildman–Crippen MR) is 123 cm³/mol. The number of thioether (sulfide) groups is 1. The predicted octanol–water partition coefficient (Wildman–Crippen LogP) is 4.83. The Balaban J connectivity index is 1.44. The third-order valence-electron chi connectivity index (χ3n) is 4.98. The fraction of sp³-hybridized carbons (Fsp3) is 0.0833. The molecule has 1 aliphatic rings. The van der Waals surface area contributed by atoms with E-state index in [1.165, 1.54) is 13.2 Å². The second kappa shape index (κ2) is 10.1. The average molecular weight is 516 g/mol. The molecule has 0 unspecified atom stereocenters. The number of esters is 1. The third-order valence-corrected chi connectivity index (χ3v) is 5.88. The van der Waals surface area contributed by atoms with Gasteiger partial charge >= 0.3 is 5.97 Å². The maximum Gasteiger partial charge on any atom is 0.337 e. The summed E-state index contributed by atoms with van der Waals surface area (Å²) in [5, 5.41) is 1.25. The van der Waals surface area contributed by atoms with E-state index in [9.17, 15) is 32.3 Å². The standard InChI is InChI=1S/C24H15F3N2O6S/c1-34-23(32)13-4-2-12(3-5-13)17-9-6-14(35-17)10-18-22(31)29(24(33)36-18)11-19(30)28-16-8-7-15(25)20(26)21(16)27/h2-10H,11H2,1H3,(H,28,30)/b18-10+. The summed E-state index contributed by atoms with van der Waals surface area (Å²) in [5.74, 6) is -6.37. The van der Waals surface area contributed by atoms with Gasteiger partial charge in [0.2, 0.25) is 5.91 Å². The van der Waals surface area contributed by atoms with Gasteiger partial charge in [0.05, 0.1) is 23.3 Å². The maximum absolute atomic E-state index is 13.8. The van der Waals surface area contributed by atoms with E-state index in [0.717, 1.165) is 6.07 Å². The Bertz CT molecular complexity index is 1420. The molecule has 36 heavy (non-hydrogen) atoms. The zero-order valence-corrected chi connectivity index (χ0v) is 19.2. The normalized spacial score (nSPS) is 14.4. The molecule has 1 N–H and O–H groups in total. The fourth-order valence-electron chi connectivity index (χ4n) is 3.20. The number of rotatable bonds is 6. The number of hydrogen-bond donors (Lipinski definition) is 1. The van der Waals surface area contributed by atoms with Crippen LogP contribution in [-0.4, -0.2) is 41.6 Å². The number of anilines is 1. The summed E-state index contributed by atoms with van der Waals surface area (Å²) in [6.45, 7) is -0.767. The average Bonchev–Trinajstić information content (AvgIpc) is 3.44. The molecule has 0 saturated carbocycles. The zero-order chi connectivity index (χ0) is 26.0. The molecule has 4 rings (SSSR count). The highest BCUT2D eigenvalue weighted by Gasteiger charge is 2.36. The first-order valence-corrected chi connectivity index (χ1v) is 11.0. The maximum atomic E-state index is 13.8. The minimum atomic E-state index is -1.76. The number of imide groups is 1. The van der Waals surface area contributed by atoms with Crippen molar-refractivity contribution in [2.24, 2.45) is 0 Å². The van der Waals surface area contributed by atoms with Crippen molar-refractivity contribution in [3.05, 3.63) is 82.2 Å². The largest absolute Gasteiger partial charge is 0.465 e. The number of methoxy groups -OCH3 is 1. The van der Waals surface area contributed by atoms with Crippen LogP contribution in [0.4, 0.5) is 23.7 Å². The van der Waals surface area contributed by atoms with Gasteiger partial charge in [0, 0.05) is 11.6 Å². The third kappa shape index (κ3) is 5.03. The molecule has 2 heterocycles. The Morgan fingerprint density at radius 3 is 2.44 bits per heavy atom. The Hall–Kier alpha value is -4.32. The molecule has 0 bridgehead atoms. The van der Waals surface area contributed by atoms with Gasteiger partial charge in [-0.2, -0.15) is 0 Å². The first kappa shape index (κ1) is 24.8. The van der Waals surface area contributed by atoms with Gasteiger partial charge in [-0.05, 0) is 48.2 Å². The highest BCUT2D eigenvalue weighted by Crippen LogP contribution is 2.33. The lowest BCUT2D eigenvalue weighted by Gasteiger charge is -2.13. The summed E-state index contributed by atoms with van der Waals surface area (Å²) in [7, 11) is 1.27. The van der Waals surface area contributed by atoms with E-state index < -0.39 is 52.7 Å². The number of ether oxygens (including phenoxy) is 1. The van der Waals surface area contributed by atoms with Crippen molar-refractivity contribution in [3.63, 3.8) is 0 Å². The van der Waals surface area contributed by atoms with Crippen LogP contribution in [0.15, 0.2) is 57.9 Å². The summed E-state index contributed by atoms with van der Waals surface area (Å²) in [4.78, 5) is 49.3. The van der Waals surface area contributed by atoms with Crippen molar-refractivity contribution in [2.75, 3.05) is 19.0 Å². The first-order chi connectivity index (χ1) is 17.2. The van der Waals surface area contributed by atoms with E-state index in [2.05, 4.69) is 4.74 Å². The molecule has 0 radical (unpaired) electrons. The molecule has 1 aromatic heterocycles. The van der Waals surface area contributed by atoms with Crippen LogP contribution in [0, 0.1) is 17.5 Å². The lowest BCUT2D eigenvalue weighted by molar-refractivity contribution is -0.127. The number of halogens is 3. The second-order valence-corrected chi connectivity index (χ2v) is 8.30. The van der Waals surface area contributed by atoms with Gasteiger partial charge < -0.3 is 14.5 Å². The number of carbonyl (C=O) groups excluding carboxylic acids is 4. The molecule has 0 spiro atoms. The molecule has 8 nitrogen and oxygen atoms in total. The summed E-state index contributed by atoms with van der Waals surface area (Å²) < 4.78 is 50.5. The Kier molecular flexibility index (Phi) is 6.97. The van der Waals surface area contributed by atoms with Gasteiger partial charge in [-0.15, -0.1) is 0 Å². The van der Waals surface area contributed by atoms with E-state index >= 15 is 0 Å². The van der Waals surface area contributed by atoms with Crippen LogP contribution in [-0.2, 0) is 14.3 Å². The van der Waals surface area contributed by atoms with Crippen LogP contribution >= 0.6 is 11.8 Å². The Morgan fingerprint density at radius 1 is 1.03 bits per heavy atom. The summed E-state index contributed by atoms with van der Waals surface area (Å²) in [6, 6.07) is 11.1. The molecular formula is C24H15F3N2O6S. The highest BCUT2D eigenvalue weighted by molar-refractivity contribution is 8.18. The van der Waals surface area contributed by atoms with Crippen molar-refractivity contribution in [2.45, 2.75) is 0 Å². The number of nitrogens with one attached hydrogen (secondary N) is 1. The topological polar surface area (TPSA) is 106 Å². The van der Waals surface area contributed by atoms with Crippen LogP contribution < -0.4 is 5.32 Å². The molecule has 3 aromatic rings. The SMILES string of the molecule is COC(=O)c1ccc(-c2ccc(/C=C3/SC(=O)N(CC(=O)Nc4ccc(F)c(F)c4F)C3=O)o2)cc1. The molecule has 1 fully saturated rings. The van der Waals surface area contributed by atoms with Crippen molar-refractivity contribution >= 4 is 46.5 Å². The van der Waals surface area contributed by atoms with E-state index in [4.69, 9.17) is 4.42 Å². The van der Waals surface area contributed by atoms with Crippen molar-refractivity contribution in [1.82, 2.24) is 4.90 Å². The van der Waals surface area contributed by atoms with E-state index in [-0.39, 0.29) is 10.7 Å². The molecule has 12 heteroatoms. The fourth-order valence-corrected chi connectivity index (χ4v) is 4.01. The Labute approximate surface area is 205 Å². The number of carbonyl (C=O) groups is 4. The van der Waals surface area contributed by atoms with E-state index in [1.807, 2.05) is 5.32 Å². The summed E-state index contributed by atoms with van der Waals surface area (Å²) in [5.41, 5.74) is 0.374. The molecule has 0 atom stereocenters. The Morgan fingerprint density at radius 2 is 1.75 bits per heavy atom. The number of nitrogens with zero attached hydrogens (tertiary/aromatic N) is 1. The van der Waals surface area contributed by atoms with Crippen LogP contribution in [0.3, 0.4) is 0 Å². The van der Waals surface area contributed by atoms with E-state index in [0.29, 0.717) is 39.6 Å². The molecule has 1 aliphatic heterocycles. The number of amides is 3. The molecule has 0 aliphatic carbocycles. The van der Waals surface area contributed by atoms with Gasteiger partial charge in [0.25, 0.3) is 11.1 Å². The van der Waals surface area contributed by atoms with Gasteiger partial charge in [-0.25, -0.2) is 18.0 Å². The number of benzene rings is 2. The smallest absolute Gasteiger partial charge is 0.337 e. The summed E-state index contributed by atoms with van der Waals surface area (Å²) in [6.07, 6.45) is 1.32. The minimum absolute atomic E-state index is 0.0197. The van der Waals surface area contributed by atoms with Gasteiger partial charge in [-0.1, -0.05) is 12.1 Å². The summed E-state index contributed by atoms with van der Waals surface area (Å²) >= 11 is 0.569.